The molecular formula is C12H17NS. The molecule has 0 fully saturated rings. The van der Waals surface area contributed by atoms with E-state index in [1.54, 1.807) is 0 Å². The lowest BCUT2D eigenvalue weighted by Gasteiger charge is -2.23. The minimum absolute atomic E-state index is 0.629. The van der Waals surface area contributed by atoms with Crippen LogP contribution in [0.5, 0.6) is 0 Å². The van der Waals surface area contributed by atoms with Crippen LogP contribution in [-0.2, 0) is 6.42 Å². The molecule has 1 nitrogen and oxygen atoms in total. The molecule has 1 aromatic carbocycles. The van der Waals surface area contributed by atoms with Crippen LogP contribution in [0.3, 0.4) is 0 Å². The zero-order chi connectivity index (χ0) is 10.1. The summed E-state index contributed by atoms with van der Waals surface area (Å²) < 4.78 is 0. The number of benzene rings is 1. The van der Waals surface area contributed by atoms with E-state index in [4.69, 9.17) is 0 Å². The first-order valence-electron chi connectivity index (χ1n) is 5.24. The van der Waals surface area contributed by atoms with Crippen molar-refractivity contribution in [2.24, 2.45) is 0 Å². The van der Waals surface area contributed by atoms with Gasteiger partial charge in [0.05, 0.1) is 0 Å². The summed E-state index contributed by atoms with van der Waals surface area (Å²) in [6, 6.07) is 7.18. The summed E-state index contributed by atoms with van der Waals surface area (Å²) in [6.07, 6.45) is 2.47. The monoisotopic (exact) mass is 207 g/mol. The predicted molar refractivity (Wildman–Crippen MR) is 63.1 cm³/mol. The zero-order valence-corrected chi connectivity index (χ0v) is 9.72. The molecule has 0 N–H and O–H groups in total. The Labute approximate surface area is 91.5 Å². The molecule has 76 valence electrons. The van der Waals surface area contributed by atoms with Gasteiger partial charge in [-0.15, -0.1) is 12.6 Å². The number of hydrogen-bond acceptors (Lipinski definition) is 2. The van der Waals surface area contributed by atoms with E-state index in [1.807, 2.05) is 0 Å². The highest BCUT2D eigenvalue weighted by Gasteiger charge is 2.24. The van der Waals surface area contributed by atoms with Crippen molar-refractivity contribution in [2.45, 2.75) is 30.7 Å². The van der Waals surface area contributed by atoms with Crippen molar-refractivity contribution in [2.75, 3.05) is 13.6 Å². The largest absolute Gasteiger partial charge is 0.300 e. The molecule has 0 bridgehead atoms. The SMILES string of the molecule is CCN(C)C1CCc2cc(S)ccc21. The molecule has 0 heterocycles. The first-order valence-corrected chi connectivity index (χ1v) is 5.69. The minimum Gasteiger partial charge on any atom is -0.300 e. The fraction of sp³-hybridized carbons (Fsp3) is 0.500. The molecule has 0 aliphatic heterocycles. The zero-order valence-electron chi connectivity index (χ0n) is 8.83. The molecule has 1 unspecified atom stereocenters. The van der Waals surface area contributed by atoms with E-state index in [9.17, 15) is 0 Å². The highest BCUT2D eigenvalue weighted by atomic mass is 32.1. The van der Waals surface area contributed by atoms with Gasteiger partial charge in [0.15, 0.2) is 0 Å². The third-order valence-electron chi connectivity index (χ3n) is 3.20. The van der Waals surface area contributed by atoms with Crippen LogP contribution in [0.1, 0.15) is 30.5 Å². The molecule has 0 aromatic heterocycles. The van der Waals surface area contributed by atoms with Crippen molar-refractivity contribution in [3.63, 3.8) is 0 Å². The first-order chi connectivity index (χ1) is 6.72. The predicted octanol–water partition coefficient (Wildman–Crippen LogP) is 2.91. The Morgan fingerprint density at radius 1 is 1.50 bits per heavy atom. The van der Waals surface area contributed by atoms with Gasteiger partial charge in [0.2, 0.25) is 0 Å². The molecule has 2 rings (SSSR count). The molecule has 14 heavy (non-hydrogen) atoms. The van der Waals surface area contributed by atoms with Crippen molar-refractivity contribution in [3.8, 4) is 0 Å². The maximum atomic E-state index is 4.37. The third kappa shape index (κ3) is 1.69. The Bertz CT molecular complexity index is 335. The van der Waals surface area contributed by atoms with Crippen molar-refractivity contribution < 1.29 is 0 Å². The van der Waals surface area contributed by atoms with Crippen molar-refractivity contribution in [1.29, 1.82) is 0 Å². The lowest BCUT2D eigenvalue weighted by Crippen LogP contribution is -2.22. The second-order valence-electron chi connectivity index (χ2n) is 4.01. The van der Waals surface area contributed by atoms with Gasteiger partial charge in [-0.05, 0) is 49.7 Å². The molecule has 1 aliphatic rings. The molecule has 0 saturated carbocycles. The highest BCUT2D eigenvalue weighted by molar-refractivity contribution is 7.80. The lowest BCUT2D eigenvalue weighted by atomic mass is 10.1. The Morgan fingerprint density at radius 2 is 2.29 bits per heavy atom. The van der Waals surface area contributed by atoms with Crippen molar-refractivity contribution in [3.05, 3.63) is 29.3 Å². The van der Waals surface area contributed by atoms with E-state index in [0.717, 1.165) is 11.4 Å². The minimum atomic E-state index is 0.629. The van der Waals surface area contributed by atoms with Gasteiger partial charge in [-0.25, -0.2) is 0 Å². The summed E-state index contributed by atoms with van der Waals surface area (Å²) in [5.74, 6) is 0. The number of nitrogens with zero attached hydrogens (tertiary/aromatic N) is 1. The molecule has 0 spiro atoms. The van der Waals surface area contributed by atoms with E-state index in [2.05, 4.69) is 49.7 Å². The van der Waals surface area contributed by atoms with Gasteiger partial charge in [-0.1, -0.05) is 13.0 Å². The van der Waals surface area contributed by atoms with Crippen molar-refractivity contribution >= 4 is 12.6 Å². The van der Waals surface area contributed by atoms with E-state index in [1.165, 1.54) is 24.0 Å². The van der Waals surface area contributed by atoms with Gasteiger partial charge in [-0.3, -0.25) is 4.90 Å². The van der Waals surface area contributed by atoms with Crippen molar-refractivity contribution in [1.82, 2.24) is 4.90 Å². The number of rotatable bonds is 2. The molecule has 1 aliphatic carbocycles. The Hall–Kier alpha value is -0.470. The van der Waals surface area contributed by atoms with E-state index >= 15 is 0 Å². The molecule has 1 aromatic rings. The van der Waals surface area contributed by atoms with E-state index in [-0.39, 0.29) is 0 Å². The third-order valence-corrected chi connectivity index (χ3v) is 3.48. The fourth-order valence-electron chi connectivity index (χ4n) is 2.26. The molecule has 0 radical (unpaired) electrons. The first kappa shape index (κ1) is 10.1. The Kier molecular flexibility index (Phi) is 2.84. The maximum absolute atomic E-state index is 4.37. The number of thiol groups is 1. The number of aryl methyl sites for hydroxylation is 1. The van der Waals surface area contributed by atoms with Crippen LogP contribution < -0.4 is 0 Å². The Morgan fingerprint density at radius 3 is 3.00 bits per heavy atom. The number of hydrogen-bond donors (Lipinski definition) is 1. The Balaban J connectivity index is 2.31. The normalized spacial score (nSPS) is 20.1. The van der Waals surface area contributed by atoms with Crippen LogP contribution in [0.2, 0.25) is 0 Å². The van der Waals surface area contributed by atoms with Gasteiger partial charge >= 0.3 is 0 Å². The van der Waals surface area contributed by atoms with Crippen LogP contribution in [0.25, 0.3) is 0 Å². The van der Waals surface area contributed by atoms with Crippen LogP contribution in [-0.4, -0.2) is 18.5 Å². The van der Waals surface area contributed by atoms with Gasteiger partial charge in [0.25, 0.3) is 0 Å². The quantitative estimate of drug-likeness (QED) is 0.730. The molecule has 0 saturated heterocycles. The highest BCUT2D eigenvalue weighted by Crippen LogP contribution is 2.35. The summed E-state index contributed by atoms with van der Waals surface area (Å²) in [5.41, 5.74) is 3.00. The molecule has 1 atom stereocenters. The summed E-state index contributed by atoms with van der Waals surface area (Å²) >= 11 is 4.37. The molecule has 2 heteroatoms. The fourth-order valence-corrected chi connectivity index (χ4v) is 2.49. The smallest absolute Gasteiger partial charge is 0.0350 e. The van der Waals surface area contributed by atoms with Crippen LogP contribution in [0.4, 0.5) is 0 Å². The van der Waals surface area contributed by atoms with Crippen LogP contribution >= 0.6 is 12.6 Å². The maximum Gasteiger partial charge on any atom is 0.0350 e. The van der Waals surface area contributed by atoms with E-state index < -0.39 is 0 Å². The van der Waals surface area contributed by atoms with Gasteiger partial charge in [0, 0.05) is 10.9 Å². The van der Waals surface area contributed by atoms with Gasteiger partial charge in [-0.2, -0.15) is 0 Å². The summed E-state index contributed by atoms with van der Waals surface area (Å²) in [4.78, 5) is 3.51. The average molecular weight is 207 g/mol. The molecule has 0 amide bonds. The number of fused-ring (bicyclic) bond motifs is 1. The van der Waals surface area contributed by atoms with Gasteiger partial charge < -0.3 is 0 Å². The second kappa shape index (κ2) is 3.95. The summed E-state index contributed by atoms with van der Waals surface area (Å²) in [7, 11) is 2.20. The standard InChI is InChI=1S/C12H17NS/c1-3-13(2)12-7-4-9-8-10(14)5-6-11(9)12/h5-6,8,12,14H,3-4,7H2,1-2H3. The average Bonchev–Trinajstić information content (AvgIpc) is 2.59. The molecular weight excluding hydrogens is 190 g/mol. The van der Waals surface area contributed by atoms with E-state index in [0.29, 0.717) is 6.04 Å². The topological polar surface area (TPSA) is 3.24 Å². The van der Waals surface area contributed by atoms with Crippen LogP contribution in [0, 0.1) is 0 Å². The second-order valence-corrected chi connectivity index (χ2v) is 4.53. The van der Waals surface area contributed by atoms with Gasteiger partial charge in [0.1, 0.15) is 0 Å². The van der Waals surface area contributed by atoms with Crippen LogP contribution in [0.15, 0.2) is 23.1 Å². The summed E-state index contributed by atoms with van der Waals surface area (Å²) in [6.45, 7) is 3.33. The summed E-state index contributed by atoms with van der Waals surface area (Å²) in [5, 5.41) is 0. The lowest BCUT2D eigenvalue weighted by molar-refractivity contribution is 0.257.